The highest BCUT2D eigenvalue weighted by Gasteiger charge is 2.39. The molecule has 0 bridgehead atoms. The number of nitrogens with zero attached hydrogens (tertiary/aromatic N) is 1. The molecule has 1 fully saturated rings. The van der Waals surface area contributed by atoms with Gasteiger partial charge in [-0.25, -0.2) is 8.78 Å². The highest BCUT2D eigenvalue weighted by molar-refractivity contribution is 14.0. The maximum absolute atomic E-state index is 13.0. The van der Waals surface area contributed by atoms with E-state index in [4.69, 9.17) is 5.73 Å². The molecule has 0 radical (unpaired) electrons. The van der Waals surface area contributed by atoms with E-state index in [-0.39, 0.29) is 60.9 Å². The summed E-state index contributed by atoms with van der Waals surface area (Å²) in [4.78, 5) is 3.96. The summed E-state index contributed by atoms with van der Waals surface area (Å²) in [5.41, 5.74) is 5.87. The number of aliphatic imine (C=N–C) groups is 1. The van der Waals surface area contributed by atoms with Gasteiger partial charge in [-0.15, -0.1) is 37.1 Å². The average molecular weight is 465 g/mol. The second-order valence-electron chi connectivity index (χ2n) is 5.39. The number of ether oxygens (including phenoxy) is 1. The number of hydrogen-bond acceptors (Lipinski definition) is 2. The van der Waals surface area contributed by atoms with Gasteiger partial charge in [0.15, 0.2) is 5.96 Å². The summed E-state index contributed by atoms with van der Waals surface area (Å²) in [6.07, 6.45) is -4.79. The molecule has 24 heavy (non-hydrogen) atoms. The number of anilines is 1. The molecular formula is C14H17F5IN3O. The third-order valence-corrected chi connectivity index (χ3v) is 3.37. The van der Waals surface area contributed by atoms with E-state index in [0.29, 0.717) is 6.42 Å². The summed E-state index contributed by atoms with van der Waals surface area (Å²) in [7, 11) is 0. The highest BCUT2D eigenvalue weighted by atomic mass is 127. The van der Waals surface area contributed by atoms with Gasteiger partial charge in [0.05, 0.1) is 0 Å². The second-order valence-corrected chi connectivity index (χ2v) is 5.39. The van der Waals surface area contributed by atoms with Crippen LogP contribution >= 0.6 is 24.0 Å². The minimum Gasteiger partial charge on any atom is -0.406 e. The predicted octanol–water partition coefficient (Wildman–Crippen LogP) is 4.37. The largest absolute Gasteiger partial charge is 0.573 e. The molecule has 0 saturated heterocycles. The molecule has 1 atom stereocenters. The Labute approximate surface area is 152 Å². The third-order valence-electron chi connectivity index (χ3n) is 3.37. The van der Waals surface area contributed by atoms with Crippen LogP contribution in [0.3, 0.4) is 0 Å². The van der Waals surface area contributed by atoms with Crippen LogP contribution in [0, 0.1) is 5.92 Å². The van der Waals surface area contributed by atoms with Crippen molar-refractivity contribution in [2.24, 2.45) is 16.6 Å². The van der Waals surface area contributed by atoms with E-state index in [9.17, 15) is 22.0 Å². The van der Waals surface area contributed by atoms with Crippen LogP contribution in [0.25, 0.3) is 0 Å². The Hall–Kier alpha value is -1.33. The smallest absolute Gasteiger partial charge is 0.406 e. The lowest BCUT2D eigenvalue weighted by molar-refractivity contribution is -0.274. The fraction of sp³-hybridized carbons (Fsp3) is 0.500. The Morgan fingerprint density at radius 2 is 2.08 bits per heavy atom. The molecule has 1 aromatic carbocycles. The number of benzene rings is 1. The molecule has 2 rings (SSSR count). The van der Waals surface area contributed by atoms with Crippen LogP contribution in [0.5, 0.6) is 5.75 Å². The van der Waals surface area contributed by atoms with Crippen LogP contribution in [0.2, 0.25) is 0 Å². The lowest BCUT2D eigenvalue weighted by atomic mass is 10.1. The Kier molecular flexibility index (Phi) is 7.05. The van der Waals surface area contributed by atoms with Gasteiger partial charge in [0.25, 0.3) is 0 Å². The SMILES string of the molecule is I.NC(=NCC1CCC(F)(F)C1)Nc1cccc(OC(F)(F)F)c1. The van der Waals surface area contributed by atoms with Crippen molar-refractivity contribution in [1.29, 1.82) is 0 Å². The maximum atomic E-state index is 13.0. The van der Waals surface area contributed by atoms with Crippen molar-refractivity contribution < 1.29 is 26.7 Å². The number of hydrogen-bond donors (Lipinski definition) is 2. The van der Waals surface area contributed by atoms with E-state index in [1.54, 1.807) is 0 Å². The monoisotopic (exact) mass is 465 g/mol. The van der Waals surface area contributed by atoms with Gasteiger partial charge < -0.3 is 15.8 Å². The number of alkyl halides is 5. The maximum Gasteiger partial charge on any atom is 0.573 e. The molecule has 1 saturated carbocycles. The van der Waals surface area contributed by atoms with Crippen LogP contribution in [0.15, 0.2) is 29.3 Å². The Morgan fingerprint density at radius 3 is 2.67 bits per heavy atom. The number of nitrogens with one attached hydrogen (secondary N) is 1. The predicted molar refractivity (Wildman–Crippen MR) is 90.9 cm³/mol. The van der Waals surface area contributed by atoms with Crippen molar-refractivity contribution in [3.63, 3.8) is 0 Å². The Balaban J connectivity index is 0.00000288. The summed E-state index contributed by atoms with van der Waals surface area (Å²) < 4.78 is 66.3. The van der Waals surface area contributed by atoms with E-state index in [1.165, 1.54) is 12.1 Å². The standard InChI is InChI=1S/C14H16F5N3O.HI/c15-13(16)5-4-9(7-13)8-21-12(20)22-10-2-1-3-11(6-10)23-14(17,18)19;/h1-3,6,9H,4-5,7-8H2,(H3,20,21,22);1H. The van der Waals surface area contributed by atoms with Crippen LogP contribution in [0.1, 0.15) is 19.3 Å². The number of rotatable bonds is 4. The highest BCUT2D eigenvalue weighted by Crippen LogP contribution is 2.38. The molecule has 4 nitrogen and oxygen atoms in total. The molecule has 1 aromatic rings. The summed E-state index contributed by atoms with van der Waals surface area (Å²) in [6, 6.07) is 5.09. The molecular weight excluding hydrogens is 448 g/mol. The van der Waals surface area contributed by atoms with Crippen LogP contribution < -0.4 is 15.8 Å². The quantitative estimate of drug-likeness (QED) is 0.301. The van der Waals surface area contributed by atoms with E-state index in [1.807, 2.05) is 0 Å². The molecule has 0 spiro atoms. The summed E-state index contributed by atoms with van der Waals surface area (Å²) in [5.74, 6) is -3.34. The third kappa shape index (κ3) is 7.05. The first kappa shape index (κ1) is 20.7. The summed E-state index contributed by atoms with van der Waals surface area (Å²) in [5, 5.41) is 2.61. The molecule has 0 aromatic heterocycles. The van der Waals surface area contributed by atoms with Crippen molar-refractivity contribution >= 4 is 35.6 Å². The first-order chi connectivity index (χ1) is 10.6. The van der Waals surface area contributed by atoms with Gasteiger partial charge in [0.1, 0.15) is 5.75 Å². The van der Waals surface area contributed by atoms with Gasteiger partial charge in [-0.2, -0.15) is 0 Å². The van der Waals surface area contributed by atoms with E-state index < -0.39 is 18.0 Å². The zero-order chi connectivity index (χ0) is 17.1. The lowest BCUT2D eigenvalue weighted by Gasteiger charge is -2.12. The minimum atomic E-state index is -4.79. The molecule has 3 N–H and O–H groups in total. The van der Waals surface area contributed by atoms with Crippen molar-refractivity contribution in [3.8, 4) is 5.75 Å². The number of nitrogens with two attached hydrogens (primary N) is 1. The normalized spacial score (nSPS) is 20.4. The van der Waals surface area contributed by atoms with Crippen LogP contribution in [-0.4, -0.2) is 24.8 Å². The average Bonchev–Trinajstić information content (AvgIpc) is 2.74. The molecule has 0 aliphatic heterocycles. The minimum absolute atomic E-state index is 0. The van der Waals surface area contributed by atoms with Gasteiger partial charge in [-0.05, 0) is 24.5 Å². The van der Waals surface area contributed by atoms with E-state index in [0.717, 1.165) is 12.1 Å². The second kappa shape index (κ2) is 8.17. The van der Waals surface area contributed by atoms with E-state index >= 15 is 0 Å². The molecule has 10 heteroatoms. The molecule has 0 amide bonds. The van der Waals surface area contributed by atoms with Crippen molar-refractivity contribution in [2.75, 3.05) is 11.9 Å². The topological polar surface area (TPSA) is 59.6 Å². The Morgan fingerprint density at radius 1 is 1.38 bits per heavy atom. The molecule has 0 heterocycles. The van der Waals surface area contributed by atoms with Crippen LogP contribution in [0.4, 0.5) is 27.6 Å². The zero-order valence-electron chi connectivity index (χ0n) is 12.4. The first-order valence-electron chi connectivity index (χ1n) is 6.93. The van der Waals surface area contributed by atoms with Crippen molar-refractivity contribution in [2.45, 2.75) is 31.5 Å². The zero-order valence-corrected chi connectivity index (χ0v) is 14.8. The van der Waals surface area contributed by atoms with Crippen molar-refractivity contribution in [1.82, 2.24) is 0 Å². The first-order valence-corrected chi connectivity index (χ1v) is 6.93. The van der Waals surface area contributed by atoms with Gasteiger partial charge >= 0.3 is 6.36 Å². The fourth-order valence-electron chi connectivity index (χ4n) is 2.38. The molecule has 1 aliphatic rings. The van der Waals surface area contributed by atoms with E-state index in [2.05, 4.69) is 15.0 Å². The van der Waals surface area contributed by atoms with Crippen LogP contribution in [-0.2, 0) is 0 Å². The van der Waals surface area contributed by atoms with Gasteiger partial charge in [0, 0.05) is 31.1 Å². The molecule has 136 valence electrons. The fourth-order valence-corrected chi connectivity index (χ4v) is 2.38. The molecule has 1 unspecified atom stereocenters. The summed E-state index contributed by atoms with van der Waals surface area (Å²) >= 11 is 0. The number of halogens is 6. The van der Waals surface area contributed by atoms with Crippen molar-refractivity contribution in [3.05, 3.63) is 24.3 Å². The van der Waals surface area contributed by atoms with Gasteiger partial charge in [0.2, 0.25) is 5.92 Å². The summed E-state index contributed by atoms with van der Waals surface area (Å²) in [6.45, 7) is 0.146. The molecule has 1 aliphatic carbocycles. The van der Waals surface area contributed by atoms with Gasteiger partial charge in [-0.1, -0.05) is 6.07 Å². The Bertz CT molecular complexity index is 580. The lowest BCUT2D eigenvalue weighted by Crippen LogP contribution is -2.24. The number of guanidine groups is 1. The van der Waals surface area contributed by atoms with Gasteiger partial charge in [-0.3, -0.25) is 4.99 Å².